The lowest BCUT2D eigenvalue weighted by Gasteiger charge is -2.33. The molecule has 0 radical (unpaired) electrons. The number of benzene rings is 2. The highest BCUT2D eigenvalue weighted by Crippen LogP contribution is 2.29. The van der Waals surface area contributed by atoms with E-state index in [1.54, 1.807) is 4.90 Å². The number of amides is 2. The van der Waals surface area contributed by atoms with Crippen LogP contribution in [0.2, 0.25) is 0 Å². The number of esters is 1. The largest absolute Gasteiger partial charge is 0.469 e. The van der Waals surface area contributed by atoms with Crippen molar-refractivity contribution >= 4 is 23.7 Å². The number of nitrogens with one attached hydrogen (secondary N) is 1. The van der Waals surface area contributed by atoms with Crippen molar-refractivity contribution < 1.29 is 23.9 Å². The van der Waals surface area contributed by atoms with Crippen molar-refractivity contribution in [1.29, 1.82) is 0 Å². The monoisotopic (exact) mass is 466 g/mol. The van der Waals surface area contributed by atoms with Gasteiger partial charge in [-0.05, 0) is 81.3 Å². The number of ether oxygens (including phenoxy) is 2. The van der Waals surface area contributed by atoms with Gasteiger partial charge in [0.25, 0.3) is 5.91 Å². The lowest BCUT2D eigenvalue weighted by Crippen LogP contribution is -2.41. The molecule has 1 aliphatic heterocycles. The van der Waals surface area contributed by atoms with Gasteiger partial charge in [-0.25, -0.2) is 4.79 Å². The molecule has 1 saturated heterocycles. The van der Waals surface area contributed by atoms with Crippen LogP contribution in [-0.4, -0.2) is 48.7 Å². The zero-order chi connectivity index (χ0) is 24.7. The summed E-state index contributed by atoms with van der Waals surface area (Å²) < 4.78 is 10.1. The average Bonchev–Trinajstić information content (AvgIpc) is 2.82. The Bertz CT molecular complexity index is 985. The molecule has 7 heteroatoms. The van der Waals surface area contributed by atoms with E-state index in [-0.39, 0.29) is 18.0 Å². The Hall–Kier alpha value is -3.35. The summed E-state index contributed by atoms with van der Waals surface area (Å²) in [6, 6.07) is 15.1. The Morgan fingerprint density at radius 1 is 0.971 bits per heavy atom. The molecule has 0 aliphatic carbocycles. The zero-order valence-electron chi connectivity index (χ0n) is 20.4. The number of piperidine rings is 1. The minimum Gasteiger partial charge on any atom is -0.469 e. The first-order valence-corrected chi connectivity index (χ1v) is 11.7. The van der Waals surface area contributed by atoms with Gasteiger partial charge in [0, 0.05) is 30.8 Å². The second-order valence-corrected chi connectivity index (χ2v) is 9.59. The maximum Gasteiger partial charge on any atom is 0.410 e. The first-order chi connectivity index (χ1) is 16.1. The van der Waals surface area contributed by atoms with Crippen molar-refractivity contribution in [2.75, 3.05) is 25.5 Å². The smallest absolute Gasteiger partial charge is 0.410 e. The van der Waals surface area contributed by atoms with E-state index < -0.39 is 5.60 Å². The maximum absolute atomic E-state index is 12.6. The molecule has 3 rings (SSSR count). The van der Waals surface area contributed by atoms with Gasteiger partial charge in [-0.15, -0.1) is 0 Å². The third-order valence-corrected chi connectivity index (χ3v) is 5.85. The predicted molar refractivity (Wildman–Crippen MR) is 131 cm³/mol. The molecule has 0 spiro atoms. The highest BCUT2D eigenvalue weighted by molar-refractivity contribution is 6.04. The van der Waals surface area contributed by atoms with Gasteiger partial charge in [0.2, 0.25) is 0 Å². The number of anilines is 1. The number of likely N-dealkylation sites (tertiary alicyclic amines) is 1. The van der Waals surface area contributed by atoms with Crippen LogP contribution in [0.25, 0.3) is 0 Å². The van der Waals surface area contributed by atoms with E-state index in [2.05, 4.69) is 10.1 Å². The molecule has 2 aromatic carbocycles. The molecule has 34 heavy (non-hydrogen) atoms. The molecule has 0 bridgehead atoms. The number of rotatable bonds is 6. The fourth-order valence-corrected chi connectivity index (χ4v) is 3.94. The molecular weight excluding hydrogens is 432 g/mol. The van der Waals surface area contributed by atoms with Gasteiger partial charge < -0.3 is 19.7 Å². The van der Waals surface area contributed by atoms with Gasteiger partial charge in [-0.2, -0.15) is 0 Å². The fourth-order valence-electron chi connectivity index (χ4n) is 3.94. The predicted octanol–water partition coefficient (Wildman–Crippen LogP) is 5.16. The van der Waals surface area contributed by atoms with E-state index in [0.717, 1.165) is 18.4 Å². The van der Waals surface area contributed by atoms with Gasteiger partial charge in [-0.1, -0.05) is 24.3 Å². The van der Waals surface area contributed by atoms with E-state index in [4.69, 9.17) is 4.74 Å². The first kappa shape index (κ1) is 25.3. The van der Waals surface area contributed by atoms with E-state index in [9.17, 15) is 14.4 Å². The van der Waals surface area contributed by atoms with Crippen LogP contribution in [0.15, 0.2) is 48.5 Å². The van der Waals surface area contributed by atoms with Gasteiger partial charge >= 0.3 is 12.1 Å². The molecule has 2 amide bonds. The summed E-state index contributed by atoms with van der Waals surface area (Å²) >= 11 is 0. The molecular formula is C27H34N2O5. The van der Waals surface area contributed by atoms with E-state index >= 15 is 0 Å². The van der Waals surface area contributed by atoms with Gasteiger partial charge in [0.1, 0.15) is 5.60 Å². The summed E-state index contributed by atoms with van der Waals surface area (Å²) in [7, 11) is 1.38. The summed E-state index contributed by atoms with van der Waals surface area (Å²) in [6.07, 6.45) is 2.41. The van der Waals surface area contributed by atoms with Crippen molar-refractivity contribution in [3.05, 3.63) is 65.2 Å². The zero-order valence-corrected chi connectivity index (χ0v) is 20.4. The summed E-state index contributed by atoms with van der Waals surface area (Å²) in [5.41, 5.74) is 2.98. The van der Waals surface area contributed by atoms with Crippen LogP contribution in [0.3, 0.4) is 0 Å². The summed E-state index contributed by atoms with van der Waals surface area (Å²) in [6.45, 7) is 6.95. The minimum atomic E-state index is -0.489. The van der Waals surface area contributed by atoms with Crippen LogP contribution in [0.5, 0.6) is 0 Å². The van der Waals surface area contributed by atoms with Gasteiger partial charge in [0.05, 0.1) is 7.11 Å². The van der Waals surface area contributed by atoms with Crippen molar-refractivity contribution in [3.8, 4) is 0 Å². The molecule has 1 fully saturated rings. The van der Waals surface area contributed by atoms with E-state index in [1.807, 2.05) is 69.3 Å². The third-order valence-electron chi connectivity index (χ3n) is 5.85. The van der Waals surface area contributed by atoms with Crippen LogP contribution in [-0.2, 0) is 20.7 Å². The number of nitrogens with zero attached hydrogens (tertiary/aromatic N) is 1. The van der Waals surface area contributed by atoms with Crippen molar-refractivity contribution in [3.63, 3.8) is 0 Å². The summed E-state index contributed by atoms with van der Waals surface area (Å²) in [4.78, 5) is 37.9. The standard InChI is InChI=1S/C27H34N2O5/c1-27(2,3)34-26(32)29-17-15-21(16-18-29)20-8-10-22(11-9-20)25(31)28-23-12-5-19(6-13-23)7-14-24(30)33-4/h5-6,8-13,21H,7,14-18H2,1-4H3,(H,28,31). The maximum atomic E-state index is 12.6. The average molecular weight is 467 g/mol. The van der Waals surface area contributed by atoms with Crippen molar-refractivity contribution in [1.82, 2.24) is 4.90 Å². The Balaban J connectivity index is 1.50. The van der Waals surface area contributed by atoms with Crippen LogP contribution >= 0.6 is 0 Å². The highest BCUT2D eigenvalue weighted by Gasteiger charge is 2.27. The van der Waals surface area contributed by atoms with Crippen LogP contribution in [0.1, 0.15) is 67.4 Å². The van der Waals surface area contributed by atoms with Gasteiger partial charge in [-0.3, -0.25) is 9.59 Å². The molecule has 2 aromatic rings. The number of hydrogen-bond acceptors (Lipinski definition) is 5. The Morgan fingerprint density at radius 2 is 1.59 bits per heavy atom. The number of carbonyl (C=O) groups is 3. The molecule has 0 aromatic heterocycles. The molecule has 7 nitrogen and oxygen atoms in total. The fraction of sp³-hybridized carbons (Fsp3) is 0.444. The van der Waals surface area contributed by atoms with Crippen molar-refractivity contribution in [2.24, 2.45) is 0 Å². The molecule has 0 saturated carbocycles. The second-order valence-electron chi connectivity index (χ2n) is 9.59. The summed E-state index contributed by atoms with van der Waals surface area (Å²) in [5, 5.41) is 2.91. The Labute approximate surface area is 201 Å². The van der Waals surface area contributed by atoms with Gasteiger partial charge in [0.15, 0.2) is 0 Å². The first-order valence-electron chi connectivity index (χ1n) is 11.7. The van der Waals surface area contributed by atoms with Crippen LogP contribution in [0, 0.1) is 0 Å². The molecule has 182 valence electrons. The molecule has 0 atom stereocenters. The normalized spacial score (nSPS) is 14.4. The minimum absolute atomic E-state index is 0.173. The Kier molecular flexibility index (Phi) is 8.31. The Morgan fingerprint density at radius 3 is 2.15 bits per heavy atom. The van der Waals surface area contributed by atoms with E-state index in [1.165, 1.54) is 12.7 Å². The lowest BCUT2D eigenvalue weighted by atomic mass is 9.89. The molecule has 1 N–H and O–H groups in total. The summed E-state index contributed by atoms with van der Waals surface area (Å²) in [5.74, 6) is -0.0589. The molecule has 0 unspecified atom stereocenters. The third kappa shape index (κ3) is 7.33. The van der Waals surface area contributed by atoms with Crippen molar-refractivity contribution in [2.45, 2.75) is 58.0 Å². The topological polar surface area (TPSA) is 84.9 Å². The number of carbonyl (C=O) groups excluding carboxylic acids is 3. The number of methoxy groups -OCH3 is 1. The number of aryl methyl sites for hydroxylation is 1. The lowest BCUT2D eigenvalue weighted by molar-refractivity contribution is -0.140. The van der Waals surface area contributed by atoms with Crippen LogP contribution in [0.4, 0.5) is 10.5 Å². The molecule has 1 heterocycles. The van der Waals surface area contributed by atoms with Crippen LogP contribution < -0.4 is 5.32 Å². The molecule has 1 aliphatic rings. The number of hydrogen-bond donors (Lipinski definition) is 1. The second kappa shape index (κ2) is 11.2. The quantitative estimate of drug-likeness (QED) is 0.595. The SMILES string of the molecule is COC(=O)CCc1ccc(NC(=O)c2ccc(C3CCN(C(=O)OC(C)(C)C)CC3)cc2)cc1. The van der Waals surface area contributed by atoms with E-state index in [0.29, 0.717) is 43.1 Å². The highest BCUT2D eigenvalue weighted by atomic mass is 16.6.